The first-order valence-electron chi connectivity index (χ1n) is 7.62. The summed E-state index contributed by atoms with van der Waals surface area (Å²) in [5.41, 5.74) is -0.786. The molecule has 112 valence electrons. The van der Waals surface area contributed by atoms with Crippen LogP contribution in [-0.4, -0.2) is 34.3 Å². The molecule has 0 saturated carbocycles. The lowest BCUT2D eigenvalue weighted by atomic mass is 9.85. The molecule has 1 aliphatic rings. The van der Waals surface area contributed by atoms with Crippen molar-refractivity contribution in [3.8, 4) is 12.3 Å². The highest BCUT2D eigenvalue weighted by molar-refractivity contribution is 6.00. The summed E-state index contributed by atoms with van der Waals surface area (Å²) in [4.78, 5) is 26.9. The van der Waals surface area contributed by atoms with Gasteiger partial charge in [0.1, 0.15) is 11.6 Å². The Morgan fingerprint density at radius 2 is 1.90 bits per heavy atom. The van der Waals surface area contributed by atoms with Gasteiger partial charge in [-0.3, -0.25) is 9.59 Å². The van der Waals surface area contributed by atoms with Crippen LogP contribution < -0.4 is 5.32 Å². The van der Waals surface area contributed by atoms with Gasteiger partial charge in [0.15, 0.2) is 0 Å². The molecule has 1 N–H and O–H groups in total. The van der Waals surface area contributed by atoms with Gasteiger partial charge in [0.25, 0.3) is 0 Å². The van der Waals surface area contributed by atoms with Crippen molar-refractivity contribution in [1.82, 2.24) is 10.2 Å². The Morgan fingerprint density at radius 1 is 1.30 bits per heavy atom. The van der Waals surface area contributed by atoms with Crippen molar-refractivity contribution in [2.45, 2.75) is 77.4 Å². The summed E-state index contributed by atoms with van der Waals surface area (Å²) in [6, 6.07) is -0.734. The Hall–Kier alpha value is -1.50. The van der Waals surface area contributed by atoms with Crippen molar-refractivity contribution < 1.29 is 9.59 Å². The fraction of sp³-hybridized carbons (Fsp3) is 0.750. The molecule has 0 aliphatic carbocycles. The molecule has 0 bridgehead atoms. The molecule has 0 radical (unpaired) electrons. The number of terminal acetylenes is 1. The van der Waals surface area contributed by atoms with Gasteiger partial charge < -0.3 is 10.2 Å². The van der Waals surface area contributed by atoms with Crippen LogP contribution in [0.3, 0.4) is 0 Å². The van der Waals surface area contributed by atoms with Crippen LogP contribution >= 0.6 is 0 Å². The van der Waals surface area contributed by atoms with Gasteiger partial charge in [0, 0.05) is 0 Å². The predicted octanol–water partition coefficient (Wildman–Crippen LogP) is 2.08. The van der Waals surface area contributed by atoms with E-state index in [-0.39, 0.29) is 17.9 Å². The maximum absolute atomic E-state index is 12.9. The molecular weight excluding hydrogens is 252 g/mol. The molecule has 0 aromatic carbocycles. The fourth-order valence-electron chi connectivity index (χ4n) is 2.93. The van der Waals surface area contributed by atoms with E-state index in [0.717, 1.165) is 12.8 Å². The van der Waals surface area contributed by atoms with E-state index < -0.39 is 11.6 Å². The Balaban J connectivity index is 3.22. The van der Waals surface area contributed by atoms with Crippen LogP contribution in [0.25, 0.3) is 0 Å². The Kier molecular flexibility index (Phi) is 5.62. The third kappa shape index (κ3) is 2.67. The summed E-state index contributed by atoms with van der Waals surface area (Å²) in [7, 11) is 0. The molecule has 4 nitrogen and oxygen atoms in total. The van der Waals surface area contributed by atoms with Gasteiger partial charge in [-0.05, 0) is 25.7 Å². The number of carbonyl (C=O) groups excluding carboxylic acids is 2. The average Bonchev–Trinajstić information content (AvgIpc) is 2.46. The van der Waals surface area contributed by atoms with Gasteiger partial charge >= 0.3 is 0 Å². The lowest BCUT2D eigenvalue weighted by Gasteiger charge is -2.47. The van der Waals surface area contributed by atoms with E-state index in [0.29, 0.717) is 19.3 Å². The molecule has 2 atom stereocenters. The lowest BCUT2D eigenvalue weighted by molar-refractivity contribution is -0.157. The largest absolute Gasteiger partial charge is 0.340 e. The minimum Gasteiger partial charge on any atom is -0.340 e. The number of nitrogens with one attached hydrogen (secondary N) is 1. The van der Waals surface area contributed by atoms with Crippen LogP contribution in [0, 0.1) is 12.3 Å². The SMILES string of the molecule is C#CC(CCC)N1C(=O)C(CC)(CC)NC(=O)C1CC. The van der Waals surface area contributed by atoms with Crippen LogP contribution in [0.2, 0.25) is 0 Å². The Labute approximate surface area is 122 Å². The topological polar surface area (TPSA) is 49.4 Å². The minimum absolute atomic E-state index is 0.0228. The summed E-state index contributed by atoms with van der Waals surface area (Å²) in [5.74, 6) is 2.60. The lowest BCUT2D eigenvalue weighted by Crippen LogP contribution is -2.71. The van der Waals surface area contributed by atoms with E-state index in [9.17, 15) is 9.59 Å². The van der Waals surface area contributed by atoms with Crippen molar-refractivity contribution in [2.24, 2.45) is 0 Å². The molecule has 1 aliphatic heterocycles. The number of rotatable bonds is 6. The first-order valence-corrected chi connectivity index (χ1v) is 7.62. The predicted molar refractivity (Wildman–Crippen MR) is 79.9 cm³/mol. The van der Waals surface area contributed by atoms with Crippen molar-refractivity contribution in [3.05, 3.63) is 0 Å². The molecule has 0 aromatic rings. The molecule has 0 aromatic heterocycles. The van der Waals surface area contributed by atoms with Crippen molar-refractivity contribution in [2.75, 3.05) is 0 Å². The second kappa shape index (κ2) is 6.78. The van der Waals surface area contributed by atoms with Gasteiger partial charge in [-0.1, -0.05) is 40.0 Å². The highest BCUT2D eigenvalue weighted by atomic mass is 16.2. The van der Waals surface area contributed by atoms with Crippen LogP contribution in [0.1, 0.15) is 59.8 Å². The zero-order valence-corrected chi connectivity index (χ0v) is 13.0. The number of hydrogen-bond donors (Lipinski definition) is 1. The highest BCUT2D eigenvalue weighted by Gasteiger charge is 2.49. The van der Waals surface area contributed by atoms with E-state index in [1.807, 2.05) is 27.7 Å². The molecule has 1 fully saturated rings. The Bertz CT molecular complexity index is 407. The maximum atomic E-state index is 12.9. The highest BCUT2D eigenvalue weighted by Crippen LogP contribution is 2.28. The molecule has 0 spiro atoms. The van der Waals surface area contributed by atoms with E-state index in [2.05, 4.69) is 11.2 Å². The van der Waals surface area contributed by atoms with Gasteiger partial charge in [-0.25, -0.2) is 0 Å². The van der Waals surface area contributed by atoms with Crippen molar-refractivity contribution in [3.63, 3.8) is 0 Å². The summed E-state index contributed by atoms with van der Waals surface area (Å²) in [6.07, 6.45) is 8.99. The molecular formula is C16H26N2O2. The number of piperazine rings is 1. The number of nitrogens with zero attached hydrogens (tertiary/aromatic N) is 1. The van der Waals surface area contributed by atoms with Crippen LogP contribution in [-0.2, 0) is 9.59 Å². The first kappa shape index (κ1) is 16.6. The van der Waals surface area contributed by atoms with Crippen LogP contribution in [0.5, 0.6) is 0 Å². The van der Waals surface area contributed by atoms with Crippen LogP contribution in [0.4, 0.5) is 0 Å². The van der Waals surface area contributed by atoms with Crippen molar-refractivity contribution in [1.29, 1.82) is 0 Å². The second-order valence-corrected chi connectivity index (χ2v) is 5.39. The molecule has 20 heavy (non-hydrogen) atoms. The monoisotopic (exact) mass is 278 g/mol. The second-order valence-electron chi connectivity index (χ2n) is 5.39. The number of amides is 2. The van der Waals surface area contributed by atoms with E-state index in [1.165, 1.54) is 0 Å². The van der Waals surface area contributed by atoms with E-state index in [4.69, 9.17) is 6.42 Å². The smallest absolute Gasteiger partial charge is 0.249 e. The van der Waals surface area contributed by atoms with Gasteiger partial charge in [-0.15, -0.1) is 6.42 Å². The van der Waals surface area contributed by atoms with Gasteiger partial charge in [-0.2, -0.15) is 0 Å². The van der Waals surface area contributed by atoms with Crippen LogP contribution in [0.15, 0.2) is 0 Å². The Morgan fingerprint density at radius 3 is 2.30 bits per heavy atom. The number of carbonyl (C=O) groups is 2. The fourth-order valence-corrected chi connectivity index (χ4v) is 2.93. The average molecular weight is 278 g/mol. The summed E-state index contributed by atoms with van der Waals surface area (Å²) in [5, 5.41) is 2.93. The maximum Gasteiger partial charge on any atom is 0.249 e. The minimum atomic E-state index is -0.786. The molecule has 4 heteroatoms. The molecule has 2 unspecified atom stereocenters. The number of hydrogen-bond acceptors (Lipinski definition) is 2. The quantitative estimate of drug-likeness (QED) is 0.756. The first-order chi connectivity index (χ1) is 9.51. The standard InChI is InChI=1S/C16H26N2O2/c1-6-11-12(7-2)18-13(8-3)14(19)17-16(9-4,10-5)15(18)20/h2,12-13H,6,8-11H2,1,3-5H3,(H,17,19). The summed E-state index contributed by atoms with van der Waals surface area (Å²) in [6.45, 7) is 7.80. The molecule has 1 rings (SSSR count). The summed E-state index contributed by atoms with van der Waals surface area (Å²) >= 11 is 0. The van der Waals surface area contributed by atoms with Gasteiger partial charge in [0.05, 0.1) is 6.04 Å². The third-order valence-corrected chi connectivity index (χ3v) is 4.33. The zero-order valence-electron chi connectivity index (χ0n) is 13.0. The van der Waals surface area contributed by atoms with Gasteiger partial charge in [0.2, 0.25) is 11.8 Å². The molecule has 1 heterocycles. The zero-order chi connectivity index (χ0) is 15.3. The molecule has 1 saturated heterocycles. The molecule has 2 amide bonds. The van der Waals surface area contributed by atoms with E-state index in [1.54, 1.807) is 4.90 Å². The summed E-state index contributed by atoms with van der Waals surface area (Å²) < 4.78 is 0. The van der Waals surface area contributed by atoms with E-state index >= 15 is 0 Å². The normalized spacial score (nSPS) is 23.1. The van der Waals surface area contributed by atoms with Crippen molar-refractivity contribution >= 4 is 11.8 Å². The third-order valence-electron chi connectivity index (χ3n) is 4.33.